The van der Waals surface area contributed by atoms with Crippen molar-refractivity contribution in [2.24, 2.45) is 0 Å². The first kappa shape index (κ1) is 22.9. The van der Waals surface area contributed by atoms with E-state index in [1.165, 1.54) is 30.3 Å². The van der Waals surface area contributed by atoms with Crippen molar-refractivity contribution >= 4 is 16.7 Å². The lowest BCUT2D eigenvalue weighted by Crippen LogP contribution is -2.41. The third-order valence-electron chi connectivity index (χ3n) is 6.03. The highest BCUT2D eigenvalue weighted by Gasteiger charge is 2.47. The monoisotopic (exact) mass is 486 g/mol. The van der Waals surface area contributed by atoms with Gasteiger partial charge in [0.1, 0.15) is 34.8 Å². The molecule has 1 atom stereocenters. The zero-order valence-corrected chi connectivity index (χ0v) is 18.5. The molecule has 1 aliphatic heterocycles. The predicted molar refractivity (Wildman–Crippen MR) is 121 cm³/mol. The quantitative estimate of drug-likeness (QED) is 0.323. The van der Waals surface area contributed by atoms with Crippen LogP contribution < -0.4 is 9.64 Å². The van der Waals surface area contributed by atoms with Gasteiger partial charge in [-0.1, -0.05) is 0 Å². The fraction of sp³-hybridized carbons (Fsp3) is 0.240. The van der Waals surface area contributed by atoms with Crippen LogP contribution in [0.15, 0.2) is 54.9 Å². The molecule has 5 rings (SSSR count). The third-order valence-corrected chi connectivity index (χ3v) is 6.03. The van der Waals surface area contributed by atoms with Crippen LogP contribution in [0, 0.1) is 11.6 Å². The summed E-state index contributed by atoms with van der Waals surface area (Å²) in [5, 5.41) is 0.242. The van der Waals surface area contributed by atoms with Gasteiger partial charge in [0.05, 0.1) is 7.11 Å². The Morgan fingerprint density at radius 1 is 1.03 bits per heavy atom. The van der Waals surface area contributed by atoms with Crippen molar-refractivity contribution in [3.63, 3.8) is 0 Å². The van der Waals surface area contributed by atoms with Gasteiger partial charge in [0.15, 0.2) is 5.82 Å². The SMILES string of the molecule is COc1cc(-c2cc(F)ccc2F)cc2c(N3CCCC3C(F)(F)F)nc(-c3cccnc3)nc12. The van der Waals surface area contributed by atoms with Crippen molar-refractivity contribution in [1.82, 2.24) is 15.0 Å². The van der Waals surface area contributed by atoms with Crippen molar-refractivity contribution in [3.05, 3.63) is 66.5 Å². The van der Waals surface area contributed by atoms with E-state index >= 15 is 0 Å². The minimum atomic E-state index is -4.47. The summed E-state index contributed by atoms with van der Waals surface area (Å²) in [5.74, 6) is -0.920. The van der Waals surface area contributed by atoms with Crippen molar-refractivity contribution in [2.75, 3.05) is 18.6 Å². The average molecular weight is 486 g/mol. The number of halogens is 5. The molecular formula is C25H19F5N4O. The minimum Gasteiger partial charge on any atom is -0.494 e. The summed E-state index contributed by atoms with van der Waals surface area (Å²) in [5.41, 5.74) is 0.944. The van der Waals surface area contributed by atoms with Gasteiger partial charge in [-0.15, -0.1) is 0 Å². The predicted octanol–water partition coefficient (Wildman–Crippen LogP) is 6.18. The third kappa shape index (κ3) is 4.24. The number of hydrogen-bond acceptors (Lipinski definition) is 5. The van der Waals surface area contributed by atoms with E-state index in [0.717, 1.165) is 18.2 Å². The van der Waals surface area contributed by atoms with Crippen molar-refractivity contribution in [2.45, 2.75) is 25.1 Å². The maximum atomic E-state index is 14.6. The van der Waals surface area contributed by atoms with Crippen LogP contribution in [-0.2, 0) is 0 Å². The Morgan fingerprint density at radius 2 is 1.86 bits per heavy atom. The molecule has 1 saturated heterocycles. The molecule has 0 radical (unpaired) electrons. The summed E-state index contributed by atoms with van der Waals surface area (Å²) < 4.78 is 75.7. The van der Waals surface area contributed by atoms with E-state index in [1.807, 2.05) is 0 Å². The molecule has 0 N–H and O–H groups in total. The largest absolute Gasteiger partial charge is 0.494 e. The average Bonchev–Trinajstić information content (AvgIpc) is 3.35. The van der Waals surface area contributed by atoms with Gasteiger partial charge in [-0.2, -0.15) is 13.2 Å². The first-order chi connectivity index (χ1) is 16.8. The van der Waals surface area contributed by atoms with E-state index in [-0.39, 0.29) is 52.4 Å². The number of fused-ring (bicyclic) bond motifs is 1. The van der Waals surface area contributed by atoms with Crippen molar-refractivity contribution < 1.29 is 26.7 Å². The Kier molecular flexibility index (Phi) is 5.74. The van der Waals surface area contributed by atoms with Crippen LogP contribution in [0.3, 0.4) is 0 Å². The molecule has 2 aromatic heterocycles. The topological polar surface area (TPSA) is 51.1 Å². The first-order valence-electron chi connectivity index (χ1n) is 10.8. The molecule has 180 valence electrons. The number of anilines is 1. The lowest BCUT2D eigenvalue weighted by Gasteiger charge is -2.29. The summed E-state index contributed by atoms with van der Waals surface area (Å²) in [6.45, 7) is 0.129. The lowest BCUT2D eigenvalue weighted by atomic mass is 10.0. The summed E-state index contributed by atoms with van der Waals surface area (Å²) >= 11 is 0. The Labute approximate surface area is 197 Å². The van der Waals surface area contributed by atoms with E-state index < -0.39 is 23.9 Å². The van der Waals surface area contributed by atoms with E-state index in [1.54, 1.807) is 18.3 Å². The fourth-order valence-corrected chi connectivity index (χ4v) is 4.42. The summed E-state index contributed by atoms with van der Waals surface area (Å²) in [6.07, 6.45) is -1.15. The highest BCUT2D eigenvalue weighted by molar-refractivity contribution is 5.98. The zero-order chi connectivity index (χ0) is 24.7. The van der Waals surface area contributed by atoms with E-state index in [0.29, 0.717) is 12.0 Å². The second-order valence-electron chi connectivity index (χ2n) is 8.20. The Hall–Kier alpha value is -3.82. The molecule has 4 aromatic rings. The molecule has 1 aliphatic rings. The number of alkyl halides is 3. The Morgan fingerprint density at radius 3 is 2.57 bits per heavy atom. The lowest BCUT2D eigenvalue weighted by molar-refractivity contribution is -0.146. The molecule has 35 heavy (non-hydrogen) atoms. The standard InChI is InChI=1S/C25H19F5N4O/c1-35-20-11-15(17-12-16(26)6-7-19(17)27)10-18-22(20)32-23(14-4-2-8-31-13-14)33-24(18)34-9-3-5-21(34)25(28,29)30/h2,4,6-8,10-13,21H,3,5,9H2,1H3. The number of nitrogens with zero attached hydrogens (tertiary/aromatic N) is 4. The molecule has 3 heterocycles. The Balaban J connectivity index is 1.81. The van der Waals surface area contributed by atoms with Gasteiger partial charge in [0, 0.05) is 35.5 Å². The van der Waals surface area contributed by atoms with Gasteiger partial charge in [-0.3, -0.25) is 4.98 Å². The van der Waals surface area contributed by atoms with E-state index in [4.69, 9.17) is 4.74 Å². The number of aromatic nitrogens is 3. The van der Waals surface area contributed by atoms with Crippen LogP contribution in [0.2, 0.25) is 0 Å². The molecule has 0 aliphatic carbocycles. The molecule has 1 unspecified atom stereocenters. The molecule has 2 aromatic carbocycles. The van der Waals surface area contributed by atoms with Gasteiger partial charge in [-0.25, -0.2) is 18.7 Å². The maximum absolute atomic E-state index is 14.6. The smallest absolute Gasteiger partial charge is 0.408 e. The second kappa shape index (κ2) is 8.75. The second-order valence-corrected chi connectivity index (χ2v) is 8.20. The fourth-order valence-electron chi connectivity index (χ4n) is 4.42. The molecule has 0 bridgehead atoms. The van der Waals surface area contributed by atoms with E-state index in [2.05, 4.69) is 15.0 Å². The zero-order valence-electron chi connectivity index (χ0n) is 18.5. The highest BCUT2D eigenvalue weighted by Crippen LogP contribution is 2.42. The number of pyridine rings is 1. The number of hydrogen-bond donors (Lipinski definition) is 0. The summed E-state index contributed by atoms with van der Waals surface area (Å²) in [6, 6.07) is 7.60. The summed E-state index contributed by atoms with van der Waals surface area (Å²) in [4.78, 5) is 14.3. The van der Waals surface area contributed by atoms with Crippen LogP contribution in [0.4, 0.5) is 27.8 Å². The number of benzene rings is 2. The normalized spacial score (nSPS) is 16.2. The molecular weight excluding hydrogens is 467 g/mol. The van der Waals surface area contributed by atoms with Crippen molar-refractivity contribution in [1.29, 1.82) is 0 Å². The van der Waals surface area contributed by atoms with Crippen LogP contribution >= 0.6 is 0 Å². The van der Waals surface area contributed by atoms with Crippen LogP contribution in [-0.4, -0.2) is 40.8 Å². The van der Waals surface area contributed by atoms with Gasteiger partial charge in [-0.05, 0) is 60.9 Å². The van der Waals surface area contributed by atoms with Gasteiger partial charge in [0.25, 0.3) is 0 Å². The maximum Gasteiger partial charge on any atom is 0.408 e. The first-order valence-corrected chi connectivity index (χ1v) is 10.8. The molecule has 0 spiro atoms. The molecule has 0 amide bonds. The Bertz CT molecular complexity index is 1390. The summed E-state index contributed by atoms with van der Waals surface area (Å²) in [7, 11) is 1.38. The molecule has 10 heteroatoms. The van der Waals surface area contributed by atoms with Crippen LogP contribution in [0.5, 0.6) is 5.75 Å². The van der Waals surface area contributed by atoms with Crippen LogP contribution in [0.25, 0.3) is 33.4 Å². The van der Waals surface area contributed by atoms with Gasteiger partial charge >= 0.3 is 6.18 Å². The van der Waals surface area contributed by atoms with Gasteiger partial charge < -0.3 is 9.64 Å². The van der Waals surface area contributed by atoms with E-state index in [9.17, 15) is 22.0 Å². The molecule has 5 nitrogen and oxygen atoms in total. The molecule has 0 saturated carbocycles. The van der Waals surface area contributed by atoms with Crippen molar-refractivity contribution in [3.8, 4) is 28.3 Å². The minimum absolute atomic E-state index is 0.0469. The van der Waals surface area contributed by atoms with Crippen LogP contribution in [0.1, 0.15) is 12.8 Å². The number of rotatable bonds is 4. The number of ether oxygens (including phenoxy) is 1. The highest BCUT2D eigenvalue weighted by atomic mass is 19.4. The molecule has 1 fully saturated rings. The number of methoxy groups -OCH3 is 1. The van der Waals surface area contributed by atoms with Gasteiger partial charge in [0.2, 0.25) is 0 Å².